The monoisotopic (exact) mass is 661 g/mol. The van der Waals surface area contributed by atoms with Crippen LogP contribution in [-0.4, -0.2) is 19.5 Å². The van der Waals surface area contributed by atoms with E-state index in [1.54, 1.807) is 0 Å². The molecule has 2 aromatic heterocycles. The summed E-state index contributed by atoms with van der Waals surface area (Å²) in [6, 6.07) is 54.7. The summed E-state index contributed by atoms with van der Waals surface area (Å²) in [5.41, 5.74) is 8.42. The van der Waals surface area contributed by atoms with Gasteiger partial charge in [-0.3, -0.25) is 13.8 Å². The lowest BCUT2D eigenvalue weighted by molar-refractivity contribution is 0.587. The van der Waals surface area contributed by atoms with E-state index in [2.05, 4.69) is 69.9 Å². The highest BCUT2D eigenvalue weighted by Crippen LogP contribution is 2.63. The van der Waals surface area contributed by atoms with Crippen LogP contribution in [0.15, 0.2) is 164 Å². The first-order valence-corrected chi connectivity index (χ1v) is 18.2. The number of hydrogen-bond acceptors (Lipinski definition) is 4. The first kappa shape index (κ1) is 28.6. The average molecular weight is 662 g/mol. The Morgan fingerprint density at radius 3 is 1.72 bits per heavy atom. The molecule has 7 heteroatoms. The van der Waals surface area contributed by atoms with Crippen LogP contribution in [0.4, 0.5) is 5.69 Å². The van der Waals surface area contributed by atoms with Crippen molar-refractivity contribution in [2.45, 2.75) is 0 Å². The van der Waals surface area contributed by atoms with Crippen molar-refractivity contribution in [3.05, 3.63) is 175 Å². The van der Waals surface area contributed by atoms with E-state index < -0.39 is 7.29 Å². The molecule has 236 valence electrons. The number of anilines is 1. The maximum absolute atomic E-state index is 16.6. The van der Waals surface area contributed by atoms with Gasteiger partial charge in [0.25, 0.3) is 0 Å². The van der Waals surface area contributed by atoms with Crippen LogP contribution >= 0.6 is 7.29 Å². The largest absolute Gasteiger partial charge is 0.289 e. The van der Waals surface area contributed by atoms with Crippen molar-refractivity contribution in [3.63, 3.8) is 0 Å². The summed E-state index contributed by atoms with van der Waals surface area (Å²) < 4.78 is 20.8. The van der Waals surface area contributed by atoms with Gasteiger partial charge in [0.2, 0.25) is 13.2 Å². The van der Waals surface area contributed by atoms with Crippen LogP contribution in [0.25, 0.3) is 62.5 Å². The molecule has 1 unspecified atom stereocenters. The molecule has 50 heavy (non-hydrogen) atoms. The molecule has 0 N–H and O–H groups in total. The van der Waals surface area contributed by atoms with Crippen molar-refractivity contribution in [1.82, 2.24) is 19.5 Å². The van der Waals surface area contributed by atoms with E-state index in [1.807, 2.05) is 109 Å². The Hall–Kier alpha value is -6.36. The van der Waals surface area contributed by atoms with Crippen LogP contribution in [0.3, 0.4) is 0 Å². The first-order chi connectivity index (χ1) is 24.7. The summed E-state index contributed by atoms with van der Waals surface area (Å²) in [5, 5.41) is 2.42. The van der Waals surface area contributed by atoms with Crippen LogP contribution in [0, 0.1) is 0 Å². The Kier molecular flexibility index (Phi) is 6.35. The molecule has 2 aliphatic heterocycles. The molecule has 0 aliphatic carbocycles. The van der Waals surface area contributed by atoms with Crippen LogP contribution < -0.4 is 15.3 Å². The lowest BCUT2D eigenvalue weighted by Crippen LogP contribution is -2.37. The van der Waals surface area contributed by atoms with Gasteiger partial charge in [-0.1, -0.05) is 140 Å². The molecule has 4 heterocycles. The van der Waals surface area contributed by atoms with Gasteiger partial charge < -0.3 is 0 Å². The second-order valence-corrected chi connectivity index (χ2v) is 14.9. The molecule has 1 atom stereocenters. The topological polar surface area (TPSA) is 63.9 Å². The molecule has 0 saturated heterocycles. The van der Waals surface area contributed by atoms with E-state index in [0.717, 1.165) is 66.4 Å². The fraction of sp³-hybridized carbons (Fsp3) is 0. The molecular weight excluding hydrogens is 633 g/mol. The predicted octanol–water partition coefficient (Wildman–Crippen LogP) is 9.38. The molecule has 2 aliphatic rings. The maximum atomic E-state index is 16.6. The fourth-order valence-electron chi connectivity index (χ4n) is 7.42. The highest BCUT2D eigenvalue weighted by molar-refractivity contribution is 7.81. The van der Waals surface area contributed by atoms with E-state index in [9.17, 15) is 0 Å². The van der Waals surface area contributed by atoms with Gasteiger partial charge in [-0.15, -0.1) is 0 Å². The van der Waals surface area contributed by atoms with E-state index >= 15 is 4.57 Å². The smallest absolute Gasteiger partial charge is 0.238 e. The normalized spacial score (nSPS) is 15.8. The van der Waals surface area contributed by atoms with Crippen LogP contribution in [-0.2, 0) is 4.57 Å². The molecule has 0 spiro atoms. The summed E-state index contributed by atoms with van der Waals surface area (Å²) in [4.78, 5) is 15.2. The highest BCUT2D eigenvalue weighted by Gasteiger charge is 2.47. The van der Waals surface area contributed by atoms with Crippen molar-refractivity contribution < 1.29 is 4.57 Å². The Morgan fingerprint density at radius 1 is 0.500 bits per heavy atom. The predicted molar refractivity (Wildman–Crippen MR) is 203 cm³/mol. The van der Waals surface area contributed by atoms with Crippen molar-refractivity contribution >= 4 is 46.3 Å². The fourth-order valence-corrected chi connectivity index (χ4v) is 10.6. The number of hydrogen-bond donors (Lipinski definition) is 0. The van der Waals surface area contributed by atoms with E-state index in [-0.39, 0.29) is 0 Å². The summed E-state index contributed by atoms with van der Waals surface area (Å²) in [6.45, 7) is 0. The van der Waals surface area contributed by atoms with E-state index in [1.165, 1.54) is 0 Å². The summed E-state index contributed by atoms with van der Waals surface area (Å²) in [7, 11) is -3.59. The first-order valence-electron chi connectivity index (χ1n) is 16.6. The van der Waals surface area contributed by atoms with Crippen molar-refractivity contribution in [3.8, 4) is 39.9 Å². The Balaban J connectivity index is 1.35. The second-order valence-electron chi connectivity index (χ2n) is 12.4. The molecular formula is C43H28N5OP. The molecule has 6 nitrogen and oxygen atoms in total. The number of nitrogens with zero attached hydrogens (tertiary/aromatic N) is 5. The second kappa shape index (κ2) is 11.1. The third kappa shape index (κ3) is 4.16. The van der Waals surface area contributed by atoms with Gasteiger partial charge in [0.15, 0.2) is 11.6 Å². The van der Waals surface area contributed by atoms with Gasteiger partial charge in [-0.2, -0.15) is 9.97 Å². The average Bonchev–Trinajstić information content (AvgIpc) is 3.53. The SMILES string of the molecule is O=P1(c2ccccc2)c2c(n(-c3nc(-c4ccccc4)nc(-c4ccccc4)n3)c3ccccc23)C=C2c3ccccc3-c3ccccc3N21. The Morgan fingerprint density at radius 2 is 1.04 bits per heavy atom. The van der Waals surface area contributed by atoms with Gasteiger partial charge in [-0.05, 0) is 35.9 Å². The zero-order valence-corrected chi connectivity index (χ0v) is 27.7. The minimum Gasteiger partial charge on any atom is -0.289 e. The van der Waals surface area contributed by atoms with Crippen LogP contribution in [0.2, 0.25) is 0 Å². The standard InChI is InChI=1S/C43H28N5OP/c49-50(31-20-8-3-9-21-31)40-35-25-13-14-26-36(35)47(39(40)28-38-34-24-11-10-22-32(34)33-23-12-15-27-37(33)48(38)50)43-45-41(29-16-4-1-5-17-29)44-42(46-43)30-18-6-2-7-19-30/h1-28H. The number of rotatable bonds is 4. The molecule has 6 aromatic carbocycles. The third-order valence-electron chi connectivity index (χ3n) is 9.59. The Labute approximate surface area is 289 Å². The van der Waals surface area contributed by atoms with Gasteiger partial charge >= 0.3 is 0 Å². The van der Waals surface area contributed by atoms with Crippen molar-refractivity contribution in [2.75, 3.05) is 4.67 Å². The zero-order valence-electron chi connectivity index (χ0n) is 26.8. The number of aromatic nitrogens is 4. The summed E-state index contributed by atoms with van der Waals surface area (Å²) in [6.07, 6.45) is 2.18. The quantitative estimate of drug-likeness (QED) is 0.176. The number of fused-ring (bicyclic) bond motifs is 9. The maximum Gasteiger partial charge on any atom is 0.238 e. The van der Waals surface area contributed by atoms with Gasteiger partial charge in [-0.25, -0.2) is 4.98 Å². The summed E-state index contributed by atoms with van der Waals surface area (Å²) in [5.74, 6) is 1.59. The lowest BCUT2D eigenvalue weighted by atomic mass is 9.92. The van der Waals surface area contributed by atoms with Crippen LogP contribution in [0.5, 0.6) is 0 Å². The molecule has 0 fully saturated rings. The van der Waals surface area contributed by atoms with E-state index in [0.29, 0.717) is 17.6 Å². The molecule has 8 aromatic rings. The third-order valence-corrected chi connectivity index (χ3v) is 12.7. The number of para-hydroxylation sites is 2. The zero-order chi connectivity index (χ0) is 33.2. The molecule has 10 rings (SSSR count). The summed E-state index contributed by atoms with van der Waals surface area (Å²) >= 11 is 0. The Bertz CT molecular complexity index is 2630. The number of benzene rings is 6. The van der Waals surface area contributed by atoms with Crippen molar-refractivity contribution in [2.24, 2.45) is 0 Å². The van der Waals surface area contributed by atoms with Crippen LogP contribution in [0.1, 0.15) is 11.3 Å². The lowest BCUT2D eigenvalue weighted by Gasteiger charge is -2.43. The highest BCUT2D eigenvalue weighted by atomic mass is 31.2. The minimum absolute atomic E-state index is 0.463. The van der Waals surface area contributed by atoms with Gasteiger partial charge in [0.1, 0.15) is 0 Å². The van der Waals surface area contributed by atoms with Crippen molar-refractivity contribution in [1.29, 1.82) is 0 Å². The molecule has 0 radical (unpaired) electrons. The molecule has 0 amide bonds. The minimum atomic E-state index is -3.59. The van der Waals surface area contributed by atoms with Gasteiger partial charge in [0.05, 0.1) is 27.9 Å². The molecule has 0 bridgehead atoms. The molecule has 0 saturated carbocycles. The van der Waals surface area contributed by atoms with Gasteiger partial charge in [0, 0.05) is 32.9 Å². The van der Waals surface area contributed by atoms with E-state index in [4.69, 9.17) is 15.0 Å².